The first-order chi connectivity index (χ1) is 8.62. The highest BCUT2D eigenvalue weighted by molar-refractivity contribution is 8.00. The van der Waals surface area contributed by atoms with Crippen molar-refractivity contribution < 1.29 is 4.79 Å². The molecule has 1 amide bonds. The molecular weight excluding hydrogens is 264 g/mol. The van der Waals surface area contributed by atoms with Crippen molar-refractivity contribution in [2.75, 3.05) is 19.3 Å². The lowest BCUT2D eigenvalue weighted by Crippen LogP contribution is -2.44. The summed E-state index contributed by atoms with van der Waals surface area (Å²) in [5.41, 5.74) is 1.86. The largest absolute Gasteiger partial charge is 0.338 e. The lowest BCUT2D eigenvalue weighted by molar-refractivity contribution is 0.0716. The maximum atomic E-state index is 12.3. The molecule has 5 heteroatoms. The fourth-order valence-corrected chi connectivity index (χ4v) is 3.69. The predicted molar refractivity (Wildman–Crippen MR) is 76.1 cm³/mol. The number of hydrogen-bond acceptors (Lipinski definition) is 4. The summed E-state index contributed by atoms with van der Waals surface area (Å²) < 4.78 is -0.291. The molecule has 0 spiro atoms. The summed E-state index contributed by atoms with van der Waals surface area (Å²) in [4.78, 5) is 14.2. The quantitative estimate of drug-likeness (QED) is 0.836. The van der Waals surface area contributed by atoms with Gasteiger partial charge in [0.2, 0.25) is 0 Å². The normalized spacial score (nSPS) is 18.4. The second-order valence-electron chi connectivity index (χ2n) is 4.57. The Bertz CT molecular complexity index is 481. The number of rotatable bonds is 2. The highest BCUT2D eigenvalue weighted by Gasteiger charge is 2.35. The Kier molecular flexibility index (Phi) is 3.98. The molecule has 1 aromatic rings. The molecule has 1 fully saturated rings. The Labute approximate surface area is 116 Å². The summed E-state index contributed by atoms with van der Waals surface area (Å²) in [5.74, 6) is 0.112. The van der Waals surface area contributed by atoms with E-state index >= 15 is 0 Å². The van der Waals surface area contributed by atoms with Crippen LogP contribution in [0.5, 0.6) is 0 Å². The zero-order chi connectivity index (χ0) is 13.2. The monoisotopic (exact) mass is 280 g/mol. The first kappa shape index (κ1) is 13.4. The minimum Gasteiger partial charge on any atom is -0.338 e. The second-order valence-corrected chi connectivity index (χ2v) is 6.50. The Hall–Kier alpha value is -0.990. The van der Waals surface area contributed by atoms with Crippen molar-refractivity contribution >= 4 is 29.0 Å². The van der Waals surface area contributed by atoms with Gasteiger partial charge in [0.1, 0.15) is 4.75 Å². The van der Waals surface area contributed by atoms with Gasteiger partial charge >= 0.3 is 0 Å². The molecule has 96 valence electrons. The number of nitrogens with zero attached hydrogens (tertiary/aromatic N) is 2. The molecule has 0 aromatic carbocycles. The molecule has 18 heavy (non-hydrogen) atoms. The average Bonchev–Trinajstić information content (AvgIpc) is 2.84. The minimum atomic E-state index is -0.291. The number of piperidine rings is 1. The molecule has 1 aliphatic rings. The van der Waals surface area contributed by atoms with Crippen LogP contribution in [0.3, 0.4) is 0 Å². The number of aryl methyl sites for hydroxylation is 1. The number of likely N-dealkylation sites (tertiary alicyclic amines) is 1. The van der Waals surface area contributed by atoms with Gasteiger partial charge in [0.25, 0.3) is 5.91 Å². The third-order valence-corrected chi connectivity index (χ3v) is 5.68. The molecule has 2 heterocycles. The second kappa shape index (κ2) is 5.33. The standard InChI is InChI=1S/C13H16N2OS2/c1-10-7-18-8-11(10)12(16)15-5-3-13(9-14,17-2)4-6-15/h7-8H,3-6H2,1-2H3. The molecule has 0 saturated carbocycles. The SMILES string of the molecule is CSC1(C#N)CCN(C(=O)c2cscc2C)CC1. The van der Waals surface area contributed by atoms with Crippen LogP contribution in [0.2, 0.25) is 0 Å². The van der Waals surface area contributed by atoms with E-state index in [1.165, 1.54) is 0 Å². The smallest absolute Gasteiger partial charge is 0.254 e. The topological polar surface area (TPSA) is 44.1 Å². The van der Waals surface area contributed by atoms with Crippen molar-refractivity contribution in [1.82, 2.24) is 4.90 Å². The maximum Gasteiger partial charge on any atom is 0.254 e. The van der Waals surface area contributed by atoms with Gasteiger partial charge in [-0.15, -0.1) is 11.8 Å². The number of thioether (sulfide) groups is 1. The molecule has 2 rings (SSSR count). The van der Waals surface area contributed by atoms with Gasteiger partial charge in [-0.05, 0) is 37.0 Å². The number of hydrogen-bond donors (Lipinski definition) is 0. The average molecular weight is 280 g/mol. The van der Waals surface area contributed by atoms with E-state index in [2.05, 4.69) is 6.07 Å². The van der Waals surface area contributed by atoms with Crippen molar-refractivity contribution in [3.8, 4) is 6.07 Å². The number of thiophene rings is 1. The van der Waals surface area contributed by atoms with Crippen LogP contribution in [0.4, 0.5) is 0 Å². The molecule has 1 aliphatic heterocycles. The van der Waals surface area contributed by atoms with Gasteiger partial charge < -0.3 is 4.90 Å². The molecule has 0 N–H and O–H groups in total. The Morgan fingerprint density at radius 1 is 1.50 bits per heavy atom. The van der Waals surface area contributed by atoms with Crippen LogP contribution >= 0.6 is 23.1 Å². The highest BCUT2D eigenvalue weighted by atomic mass is 32.2. The first-order valence-electron chi connectivity index (χ1n) is 5.90. The molecule has 3 nitrogen and oxygen atoms in total. The van der Waals surface area contributed by atoms with E-state index in [1.807, 2.05) is 28.8 Å². The fraction of sp³-hybridized carbons (Fsp3) is 0.538. The van der Waals surface area contributed by atoms with Gasteiger partial charge in [-0.3, -0.25) is 4.79 Å². The summed E-state index contributed by atoms with van der Waals surface area (Å²) in [5, 5.41) is 13.1. The molecule has 1 saturated heterocycles. The Balaban J connectivity index is 2.05. The molecule has 0 bridgehead atoms. The van der Waals surface area contributed by atoms with E-state index < -0.39 is 0 Å². The van der Waals surface area contributed by atoms with Crippen LogP contribution in [-0.4, -0.2) is 34.9 Å². The summed E-state index contributed by atoms with van der Waals surface area (Å²) >= 11 is 3.17. The van der Waals surface area contributed by atoms with Gasteiger partial charge in [-0.25, -0.2) is 0 Å². The van der Waals surface area contributed by atoms with E-state index in [0.717, 1.165) is 24.0 Å². The fourth-order valence-electron chi connectivity index (χ4n) is 2.18. The maximum absolute atomic E-state index is 12.3. The third-order valence-electron chi connectivity index (χ3n) is 3.54. The van der Waals surface area contributed by atoms with Crippen LogP contribution in [0.15, 0.2) is 10.8 Å². The molecular formula is C13H16N2OS2. The van der Waals surface area contributed by atoms with Gasteiger partial charge in [-0.1, -0.05) is 0 Å². The van der Waals surface area contributed by atoms with E-state index in [9.17, 15) is 10.1 Å². The van der Waals surface area contributed by atoms with E-state index in [4.69, 9.17) is 0 Å². The predicted octanol–water partition coefficient (Wildman–Crippen LogP) is 2.92. The number of carbonyl (C=O) groups is 1. The lowest BCUT2D eigenvalue weighted by Gasteiger charge is -2.36. The van der Waals surface area contributed by atoms with Crippen molar-refractivity contribution in [1.29, 1.82) is 5.26 Å². The summed E-state index contributed by atoms with van der Waals surface area (Å²) in [6.45, 7) is 3.33. The minimum absolute atomic E-state index is 0.112. The van der Waals surface area contributed by atoms with Crippen molar-refractivity contribution in [2.45, 2.75) is 24.5 Å². The van der Waals surface area contributed by atoms with Gasteiger partial charge in [0, 0.05) is 18.5 Å². The van der Waals surface area contributed by atoms with Gasteiger partial charge in [0.15, 0.2) is 0 Å². The van der Waals surface area contributed by atoms with Crippen LogP contribution in [0, 0.1) is 18.3 Å². The lowest BCUT2D eigenvalue weighted by atomic mass is 9.96. The Morgan fingerprint density at radius 3 is 2.61 bits per heavy atom. The zero-order valence-corrected chi connectivity index (χ0v) is 12.2. The zero-order valence-electron chi connectivity index (χ0n) is 10.6. The highest BCUT2D eigenvalue weighted by Crippen LogP contribution is 2.34. The van der Waals surface area contributed by atoms with Crippen LogP contribution in [-0.2, 0) is 0 Å². The number of amides is 1. The van der Waals surface area contributed by atoms with Crippen LogP contribution in [0.25, 0.3) is 0 Å². The van der Waals surface area contributed by atoms with Gasteiger partial charge in [-0.2, -0.15) is 16.6 Å². The van der Waals surface area contributed by atoms with E-state index in [0.29, 0.717) is 13.1 Å². The van der Waals surface area contributed by atoms with Crippen molar-refractivity contribution in [2.24, 2.45) is 0 Å². The molecule has 0 unspecified atom stereocenters. The molecule has 0 radical (unpaired) electrons. The third kappa shape index (κ3) is 2.40. The summed E-state index contributed by atoms with van der Waals surface area (Å²) in [7, 11) is 0. The van der Waals surface area contributed by atoms with Gasteiger partial charge in [0.05, 0.1) is 11.6 Å². The van der Waals surface area contributed by atoms with Crippen molar-refractivity contribution in [3.63, 3.8) is 0 Å². The summed E-state index contributed by atoms with van der Waals surface area (Å²) in [6, 6.07) is 2.40. The first-order valence-corrected chi connectivity index (χ1v) is 8.07. The molecule has 0 aliphatic carbocycles. The Morgan fingerprint density at radius 2 is 2.17 bits per heavy atom. The summed E-state index contributed by atoms with van der Waals surface area (Å²) in [6.07, 6.45) is 3.50. The van der Waals surface area contributed by atoms with Crippen LogP contribution in [0.1, 0.15) is 28.8 Å². The van der Waals surface area contributed by atoms with E-state index in [-0.39, 0.29) is 10.7 Å². The van der Waals surface area contributed by atoms with Crippen molar-refractivity contribution in [3.05, 3.63) is 21.9 Å². The molecule has 1 aromatic heterocycles. The number of nitriles is 1. The van der Waals surface area contributed by atoms with Crippen LogP contribution < -0.4 is 0 Å². The van der Waals surface area contributed by atoms with E-state index in [1.54, 1.807) is 23.1 Å². The molecule has 0 atom stereocenters. The number of carbonyl (C=O) groups excluding carboxylic acids is 1.